The Balaban J connectivity index is 1.97. The Bertz CT molecular complexity index is 741. The van der Waals surface area contributed by atoms with Crippen molar-refractivity contribution in [3.05, 3.63) is 54.9 Å². The van der Waals surface area contributed by atoms with Crippen LogP contribution < -0.4 is 4.90 Å². The van der Waals surface area contributed by atoms with Gasteiger partial charge in [-0.15, -0.1) is 0 Å². The normalized spacial score (nSPS) is 22.7. The van der Waals surface area contributed by atoms with Crippen LogP contribution in [-0.2, 0) is 12.8 Å². The fraction of sp³-hybridized carbons (Fsp3) is 0.250. The molecule has 2 aromatic rings. The Labute approximate surface area is 143 Å². The van der Waals surface area contributed by atoms with Crippen LogP contribution in [0.5, 0.6) is 0 Å². The second-order valence-corrected chi connectivity index (χ2v) is 8.54. The predicted octanol–water partition coefficient (Wildman–Crippen LogP) is 5.98. The third-order valence-corrected chi connectivity index (χ3v) is 5.85. The molecular weight excluding hydrogens is 446 g/mol. The second kappa shape index (κ2) is 4.34. The fourth-order valence-electron chi connectivity index (χ4n) is 3.64. The smallest absolute Gasteiger partial charge is 0.0594 e. The molecule has 0 fully saturated rings. The molecule has 20 heavy (non-hydrogen) atoms. The molecule has 0 radical (unpaired) electrons. The maximum atomic E-state index is 3.74. The standard InChI is InChI=1S/C16H12Br3N/c1-16-7-9-4-11(17)2-3-14(9)20(16)15-10(8-16)5-12(18)6-13(15)19/h2-6H,7-8H2,1H3. The lowest BCUT2D eigenvalue weighted by Crippen LogP contribution is -2.37. The van der Waals surface area contributed by atoms with E-state index in [-0.39, 0.29) is 5.54 Å². The maximum absolute atomic E-state index is 3.74. The summed E-state index contributed by atoms with van der Waals surface area (Å²) in [5, 5.41) is 0. The Morgan fingerprint density at radius 1 is 0.950 bits per heavy atom. The molecule has 102 valence electrons. The van der Waals surface area contributed by atoms with Crippen LogP contribution in [0.1, 0.15) is 18.1 Å². The van der Waals surface area contributed by atoms with Crippen LogP contribution in [0.15, 0.2) is 43.7 Å². The minimum Gasteiger partial charge on any atom is -0.333 e. The number of rotatable bonds is 0. The van der Waals surface area contributed by atoms with E-state index in [1.165, 1.54) is 27.0 Å². The summed E-state index contributed by atoms with van der Waals surface area (Å²) in [4.78, 5) is 2.51. The lowest BCUT2D eigenvalue weighted by atomic mass is 9.93. The van der Waals surface area contributed by atoms with Crippen molar-refractivity contribution in [2.75, 3.05) is 4.90 Å². The monoisotopic (exact) mass is 455 g/mol. The molecule has 0 spiro atoms. The van der Waals surface area contributed by atoms with Gasteiger partial charge in [-0.1, -0.05) is 31.9 Å². The Morgan fingerprint density at radius 2 is 1.65 bits per heavy atom. The minimum atomic E-state index is 0.161. The summed E-state index contributed by atoms with van der Waals surface area (Å²) >= 11 is 10.9. The van der Waals surface area contributed by atoms with Gasteiger partial charge in [-0.25, -0.2) is 0 Å². The van der Waals surface area contributed by atoms with E-state index in [9.17, 15) is 0 Å². The van der Waals surface area contributed by atoms with E-state index in [4.69, 9.17) is 0 Å². The van der Waals surface area contributed by atoms with E-state index >= 15 is 0 Å². The van der Waals surface area contributed by atoms with E-state index in [0.29, 0.717) is 0 Å². The molecule has 0 amide bonds. The Hall–Kier alpha value is -0.320. The van der Waals surface area contributed by atoms with Crippen LogP contribution in [0.25, 0.3) is 0 Å². The summed E-state index contributed by atoms with van der Waals surface area (Å²) in [6.45, 7) is 2.36. The first kappa shape index (κ1) is 13.4. The topological polar surface area (TPSA) is 3.24 Å². The molecule has 0 saturated carbocycles. The summed E-state index contributed by atoms with van der Waals surface area (Å²) in [6.07, 6.45) is 2.19. The molecule has 2 aliphatic heterocycles. The van der Waals surface area contributed by atoms with Gasteiger partial charge < -0.3 is 4.90 Å². The molecule has 2 aliphatic rings. The molecule has 1 nitrogen and oxygen atoms in total. The average molecular weight is 458 g/mol. The van der Waals surface area contributed by atoms with Gasteiger partial charge in [-0.05, 0) is 77.2 Å². The molecular formula is C16H12Br3N. The first-order chi connectivity index (χ1) is 9.48. The van der Waals surface area contributed by atoms with Crippen LogP contribution >= 0.6 is 47.8 Å². The average Bonchev–Trinajstić information content (AvgIpc) is 2.75. The van der Waals surface area contributed by atoms with Crippen molar-refractivity contribution in [2.45, 2.75) is 25.3 Å². The first-order valence-corrected chi connectivity index (χ1v) is 8.92. The highest BCUT2D eigenvalue weighted by molar-refractivity contribution is 9.11. The van der Waals surface area contributed by atoms with E-state index in [2.05, 4.69) is 89.9 Å². The SMILES string of the molecule is CC12Cc3cc(Br)ccc3N1c1c(Br)cc(Br)cc1C2. The van der Waals surface area contributed by atoms with Gasteiger partial charge in [-0.2, -0.15) is 0 Å². The summed E-state index contributed by atoms with van der Waals surface area (Å²) in [6, 6.07) is 11.0. The predicted molar refractivity (Wildman–Crippen MR) is 93.9 cm³/mol. The van der Waals surface area contributed by atoms with Crippen LogP contribution in [-0.4, -0.2) is 5.54 Å². The molecule has 4 heteroatoms. The molecule has 1 atom stereocenters. The summed E-state index contributed by atoms with van der Waals surface area (Å²) < 4.78 is 3.47. The molecule has 4 rings (SSSR count). The molecule has 1 unspecified atom stereocenters. The first-order valence-electron chi connectivity index (χ1n) is 6.54. The van der Waals surface area contributed by atoms with Crippen molar-refractivity contribution in [2.24, 2.45) is 0 Å². The number of fused-ring (bicyclic) bond motifs is 5. The highest BCUT2D eigenvalue weighted by Crippen LogP contribution is 2.54. The Kier molecular flexibility index (Phi) is 2.90. The van der Waals surface area contributed by atoms with Crippen molar-refractivity contribution in [3.8, 4) is 0 Å². The lowest BCUT2D eigenvalue weighted by Gasteiger charge is -2.30. The molecule has 2 heterocycles. The van der Waals surface area contributed by atoms with Crippen LogP contribution in [0.4, 0.5) is 11.4 Å². The third kappa shape index (κ3) is 1.77. The largest absolute Gasteiger partial charge is 0.333 e. The second-order valence-electron chi connectivity index (χ2n) is 5.85. The number of halogens is 3. The molecule has 0 aromatic heterocycles. The zero-order valence-corrected chi connectivity index (χ0v) is 15.6. The number of benzene rings is 2. The quantitative estimate of drug-likeness (QED) is 0.470. The van der Waals surface area contributed by atoms with Gasteiger partial charge in [0.05, 0.1) is 11.2 Å². The Morgan fingerprint density at radius 3 is 2.45 bits per heavy atom. The fourth-order valence-corrected chi connectivity index (χ4v) is 5.54. The number of hydrogen-bond donors (Lipinski definition) is 0. The van der Waals surface area contributed by atoms with E-state index < -0.39 is 0 Å². The van der Waals surface area contributed by atoms with Gasteiger partial charge in [0.2, 0.25) is 0 Å². The van der Waals surface area contributed by atoms with Gasteiger partial charge in [0, 0.05) is 19.1 Å². The molecule has 2 aromatic carbocycles. The number of hydrogen-bond acceptors (Lipinski definition) is 1. The lowest BCUT2D eigenvalue weighted by molar-refractivity contribution is 0.507. The van der Waals surface area contributed by atoms with Gasteiger partial charge in [0.15, 0.2) is 0 Å². The van der Waals surface area contributed by atoms with E-state index in [0.717, 1.165) is 21.8 Å². The van der Waals surface area contributed by atoms with Gasteiger partial charge in [0.1, 0.15) is 0 Å². The number of anilines is 2. The van der Waals surface area contributed by atoms with Crippen molar-refractivity contribution < 1.29 is 0 Å². The molecule has 0 bridgehead atoms. The zero-order valence-electron chi connectivity index (χ0n) is 10.9. The van der Waals surface area contributed by atoms with Crippen LogP contribution in [0, 0.1) is 0 Å². The van der Waals surface area contributed by atoms with E-state index in [1.807, 2.05) is 0 Å². The van der Waals surface area contributed by atoms with Gasteiger partial charge >= 0.3 is 0 Å². The summed E-state index contributed by atoms with van der Waals surface area (Å²) in [5.74, 6) is 0. The van der Waals surface area contributed by atoms with Crippen molar-refractivity contribution >= 4 is 59.2 Å². The van der Waals surface area contributed by atoms with Crippen molar-refractivity contribution in [1.29, 1.82) is 0 Å². The molecule has 0 aliphatic carbocycles. The summed E-state index contributed by atoms with van der Waals surface area (Å²) in [7, 11) is 0. The minimum absolute atomic E-state index is 0.161. The molecule has 0 saturated heterocycles. The van der Waals surface area contributed by atoms with Gasteiger partial charge in [0.25, 0.3) is 0 Å². The van der Waals surface area contributed by atoms with Crippen LogP contribution in [0.3, 0.4) is 0 Å². The zero-order chi connectivity index (χ0) is 14.1. The highest BCUT2D eigenvalue weighted by Gasteiger charge is 2.47. The van der Waals surface area contributed by atoms with E-state index in [1.54, 1.807) is 0 Å². The van der Waals surface area contributed by atoms with Crippen molar-refractivity contribution in [3.63, 3.8) is 0 Å². The third-order valence-electron chi connectivity index (χ3n) is 4.30. The number of nitrogens with zero attached hydrogens (tertiary/aromatic N) is 1. The van der Waals surface area contributed by atoms with Crippen LogP contribution in [0.2, 0.25) is 0 Å². The highest BCUT2D eigenvalue weighted by atomic mass is 79.9. The maximum Gasteiger partial charge on any atom is 0.0594 e. The molecule has 0 N–H and O–H groups in total. The van der Waals surface area contributed by atoms with Gasteiger partial charge in [-0.3, -0.25) is 0 Å². The van der Waals surface area contributed by atoms with Crippen molar-refractivity contribution in [1.82, 2.24) is 0 Å². The summed E-state index contributed by atoms with van der Waals surface area (Å²) in [5.41, 5.74) is 5.69.